The number of carbonyl (C=O) groups excluding carboxylic acids is 1. The molecule has 3 N–H and O–H groups in total. The predicted molar refractivity (Wildman–Crippen MR) is 56.9 cm³/mol. The summed E-state index contributed by atoms with van der Waals surface area (Å²) in [4.78, 5) is 22.0. The van der Waals surface area contributed by atoms with Gasteiger partial charge in [-0.3, -0.25) is 9.59 Å². The Labute approximate surface area is 91.0 Å². The van der Waals surface area contributed by atoms with Gasteiger partial charge in [-0.15, -0.1) is 0 Å². The van der Waals surface area contributed by atoms with E-state index in [1.54, 1.807) is 6.92 Å². The lowest BCUT2D eigenvalue weighted by atomic mass is 10.4. The average Bonchev–Trinajstić information content (AvgIpc) is 2.20. The number of rotatable bonds is 4. The van der Waals surface area contributed by atoms with Gasteiger partial charge in [0, 0.05) is 6.54 Å². The zero-order chi connectivity index (χ0) is 11.4. The second kappa shape index (κ2) is 4.79. The molecule has 1 aromatic heterocycles. The molecule has 82 valence electrons. The van der Waals surface area contributed by atoms with Crippen LogP contribution in [0.5, 0.6) is 0 Å². The predicted octanol–water partition coefficient (Wildman–Crippen LogP) is -0.186. The first-order valence-corrected chi connectivity index (χ1v) is 4.71. The summed E-state index contributed by atoms with van der Waals surface area (Å²) in [6, 6.07) is 0. The molecular weight excluding hydrogens is 220 g/mol. The molecule has 7 heteroatoms. The van der Waals surface area contributed by atoms with E-state index >= 15 is 0 Å². The lowest BCUT2D eigenvalue weighted by Gasteiger charge is -2.07. The van der Waals surface area contributed by atoms with Crippen LogP contribution in [0.2, 0.25) is 5.02 Å². The van der Waals surface area contributed by atoms with E-state index in [2.05, 4.69) is 10.4 Å². The summed E-state index contributed by atoms with van der Waals surface area (Å²) in [5.74, 6) is -0.536. The summed E-state index contributed by atoms with van der Waals surface area (Å²) >= 11 is 5.77. The highest BCUT2D eigenvalue weighted by atomic mass is 35.5. The summed E-state index contributed by atoms with van der Waals surface area (Å²) < 4.78 is 1.22. The van der Waals surface area contributed by atoms with Crippen LogP contribution in [0, 0.1) is 0 Å². The van der Waals surface area contributed by atoms with E-state index in [0.29, 0.717) is 12.2 Å². The number of aryl methyl sites for hydroxylation is 1. The Morgan fingerprint density at radius 3 is 2.93 bits per heavy atom. The van der Waals surface area contributed by atoms with Gasteiger partial charge in [0.15, 0.2) is 0 Å². The number of nitrogens with one attached hydrogen (secondary N) is 1. The van der Waals surface area contributed by atoms with E-state index < -0.39 is 11.5 Å². The maximum atomic E-state index is 11.5. The zero-order valence-electron chi connectivity index (χ0n) is 8.16. The molecule has 6 nitrogen and oxygen atoms in total. The van der Waals surface area contributed by atoms with Crippen molar-refractivity contribution < 1.29 is 4.79 Å². The number of nitrogens with zero attached hydrogens (tertiary/aromatic N) is 2. The molecule has 1 amide bonds. The zero-order valence-corrected chi connectivity index (χ0v) is 8.91. The van der Waals surface area contributed by atoms with Crippen molar-refractivity contribution in [2.45, 2.75) is 13.5 Å². The number of halogens is 1. The Kier molecular flexibility index (Phi) is 3.68. The standard InChI is InChI=1S/C8H11ClN4O2/c1-2-13-8(15)7(9)5(3-12-13)11-4-6(10)14/h3,11H,2,4H2,1H3,(H2,10,14). The first-order chi connectivity index (χ1) is 7.06. The molecule has 0 fully saturated rings. The highest BCUT2D eigenvalue weighted by Crippen LogP contribution is 2.14. The van der Waals surface area contributed by atoms with E-state index in [1.165, 1.54) is 10.9 Å². The second-order valence-corrected chi connectivity index (χ2v) is 3.19. The van der Waals surface area contributed by atoms with Crippen molar-refractivity contribution in [3.05, 3.63) is 21.6 Å². The topological polar surface area (TPSA) is 90.0 Å². The molecule has 0 unspecified atom stereocenters. The fraction of sp³-hybridized carbons (Fsp3) is 0.375. The van der Waals surface area contributed by atoms with Gasteiger partial charge < -0.3 is 11.1 Å². The molecule has 0 aliphatic heterocycles. The van der Waals surface area contributed by atoms with Crippen molar-refractivity contribution in [3.63, 3.8) is 0 Å². The first-order valence-electron chi connectivity index (χ1n) is 4.34. The third-order valence-electron chi connectivity index (χ3n) is 1.74. The largest absolute Gasteiger partial charge is 0.373 e. The Morgan fingerprint density at radius 2 is 2.40 bits per heavy atom. The molecule has 0 aliphatic carbocycles. The molecule has 0 aliphatic rings. The van der Waals surface area contributed by atoms with E-state index in [1.807, 2.05) is 0 Å². The summed E-state index contributed by atoms with van der Waals surface area (Å²) in [7, 11) is 0. The van der Waals surface area contributed by atoms with Gasteiger partial charge in [0.25, 0.3) is 5.56 Å². The fourth-order valence-electron chi connectivity index (χ4n) is 0.996. The third-order valence-corrected chi connectivity index (χ3v) is 2.10. The lowest BCUT2D eigenvalue weighted by Crippen LogP contribution is -2.26. The van der Waals surface area contributed by atoms with E-state index in [-0.39, 0.29) is 11.6 Å². The van der Waals surface area contributed by atoms with Gasteiger partial charge in [0.1, 0.15) is 5.02 Å². The number of nitrogens with two attached hydrogens (primary N) is 1. The molecule has 0 atom stereocenters. The molecule has 0 saturated heterocycles. The van der Waals surface area contributed by atoms with E-state index in [4.69, 9.17) is 17.3 Å². The molecule has 1 aromatic rings. The Balaban J connectivity index is 2.97. The third kappa shape index (κ3) is 2.69. The Bertz CT molecular complexity index is 429. The highest BCUT2D eigenvalue weighted by molar-refractivity contribution is 6.33. The summed E-state index contributed by atoms with van der Waals surface area (Å²) in [5.41, 5.74) is 4.85. The van der Waals surface area contributed by atoms with Crippen LogP contribution in [0.4, 0.5) is 5.69 Å². The van der Waals surface area contributed by atoms with Crippen LogP contribution >= 0.6 is 11.6 Å². The van der Waals surface area contributed by atoms with Gasteiger partial charge in [-0.2, -0.15) is 5.10 Å². The molecule has 15 heavy (non-hydrogen) atoms. The van der Waals surface area contributed by atoms with Gasteiger partial charge in [-0.05, 0) is 6.92 Å². The van der Waals surface area contributed by atoms with Gasteiger partial charge in [-0.1, -0.05) is 11.6 Å². The minimum atomic E-state index is -0.536. The van der Waals surface area contributed by atoms with Crippen molar-refractivity contribution in [2.75, 3.05) is 11.9 Å². The highest BCUT2D eigenvalue weighted by Gasteiger charge is 2.08. The van der Waals surface area contributed by atoms with Gasteiger partial charge >= 0.3 is 0 Å². The normalized spacial score (nSPS) is 10.0. The minimum absolute atomic E-state index is 0.00750. The molecule has 0 spiro atoms. The molecular formula is C8H11ClN4O2. The number of hydrogen-bond acceptors (Lipinski definition) is 4. The first kappa shape index (κ1) is 11.5. The van der Waals surface area contributed by atoms with Crippen LogP contribution in [0.3, 0.4) is 0 Å². The van der Waals surface area contributed by atoms with Crippen molar-refractivity contribution in [2.24, 2.45) is 5.73 Å². The van der Waals surface area contributed by atoms with Crippen molar-refractivity contribution in [3.8, 4) is 0 Å². The molecule has 0 saturated carbocycles. The van der Waals surface area contributed by atoms with Crippen molar-refractivity contribution in [1.82, 2.24) is 9.78 Å². The van der Waals surface area contributed by atoms with Crippen LogP contribution in [-0.4, -0.2) is 22.2 Å². The van der Waals surface area contributed by atoms with Crippen LogP contribution in [0.25, 0.3) is 0 Å². The number of anilines is 1. The van der Waals surface area contributed by atoms with E-state index in [9.17, 15) is 9.59 Å². The van der Waals surface area contributed by atoms with Crippen LogP contribution < -0.4 is 16.6 Å². The summed E-state index contributed by atoms with van der Waals surface area (Å²) in [6.07, 6.45) is 1.39. The summed E-state index contributed by atoms with van der Waals surface area (Å²) in [6.45, 7) is 2.13. The Hall–Kier alpha value is -1.56. The fourth-order valence-corrected chi connectivity index (χ4v) is 1.21. The second-order valence-electron chi connectivity index (χ2n) is 2.81. The SMILES string of the molecule is CCn1ncc(NCC(N)=O)c(Cl)c1=O. The molecule has 0 radical (unpaired) electrons. The smallest absolute Gasteiger partial charge is 0.287 e. The van der Waals surface area contributed by atoms with Crippen LogP contribution in [0.15, 0.2) is 11.0 Å². The molecule has 0 aromatic carbocycles. The monoisotopic (exact) mass is 230 g/mol. The van der Waals surface area contributed by atoms with Gasteiger partial charge in [-0.25, -0.2) is 4.68 Å². The van der Waals surface area contributed by atoms with Crippen molar-refractivity contribution in [1.29, 1.82) is 0 Å². The van der Waals surface area contributed by atoms with E-state index in [0.717, 1.165) is 0 Å². The number of hydrogen-bond donors (Lipinski definition) is 2. The number of aromatic nitrogens is 2. The van der Waals surface area contributed by atoms with Crippen molar-refractivity contribution >= 4 is 23.2 Å². The molecule has 1 heterocycles. The quantitative estimate of drug-likeness (QED) is 0.751. The van der Waals surface area contributed by atoms with Gasteiger partial charge in [0.2, 0.25) is 5.91 Å². The summed E-state index contributed by atoms with van der Waals surface area (Å²) in [5, 5.41) is 6.47. The maximum absolute atomic E-state index is 11.5. The average molecular weight is 231 g/mol. The van der Waals surface area contributed by atoms with Crippen LogP contribution in [0.1, 0.15) is 6.92 Å². The van der Waals surface area contributed by atoms with Gasteiger partial charge in [0.05, 0.1) is 18.4 Å². The number of primary amides is 1. The minimum Gasteiger partial charge on any atom is -0.373 e. The molecule has 0 bridgehead atoms. The Morgan fingerprint density at radius 1 is 1.73 bits per heavy atom. The number of carbonyl (C=O) groups is 1. The number of amides is 1. The van der Waals surface area contributed by atoms with Crippen LogP contribution in [-0.2, 0) is 11.3 Å². The lowest BCUT2D eigenvalue weighted by molar-refractivity contribution is -0.116. The molecule has 1 rings (SSSR count). The maximum Gasteiger partial charge on any atom is 0.287 e.